The maximum Gasteiger partial charge on any atom is 0.237 e. The van der Waals surface area contributed by atoms with Crippen LogP contribution >= 0.6 is 0 Å². The minimum absolute atomic E-state index is 0.213. The average Bonchev–Trinajstić information content (AvgIpc) is 3.05. The van der Waals surface area contributed by atoms with E-state index in [-0.39, 0.29) is 11.7 Å². The molecule has 0 fully saturated rings. The number of fused-ring (bicyclic) bond motifs is 1. The number of nitrogens with zero attached hydrogens (tertiary/aromatic N) is 2. The molecule has 0 saturated carbocycles. The number of aromatic nitrogens is 2. The summed E-state index contributed by atoms with van der Waals surface area (Å²) in [5.74, 6) is -0.210. The summed E-state index contributed by atoms with van der Waals surface area (Å²) in [6.45, 7) is 6.90. The Kier molecular flexibility index (Phi) is 6.09. The van der Waals surface area contributed by atoms with Crippen LogP contribution in [0.5, 0.6) is 0 Å². The molecule has 2 heterocycles. The number of amides is 1. The van der Waals surface area contributed by atoms with Gasteiger partial charge in [-0.3, -0.25) is 9.78 Å². The van der Waals surface area contributed by atoms with Crippen molar-refractivity contribution in [1.82, 2.24) is 14.9 Å². The molecular weight excluding hydrogens is 355 g/mol. The van der Waals surface area contributed by atoms with Crippen LogP contribution in [0.1, 0.15) is 44.4 Å². The van der Waals surface area contributed by atoms with Crippen LogP contribution in [0.3, 0.4) is 0 Å². The topological polar surface area (TPSA) is 72.9 Å². The van der Waals surface area contributed by atoms with Gasteiger partial charge in [0.2, 0.25) is 5.91 Å². The standard InChI is InChI=1S/C22H27FN4O/c1-4-27-13-18(17-9-10-25-12-20(17)27)21(15-5-7-16(23)8-6-15)26-22(28)19(24)11-14(2)3/h5-10,12-14,19,21H,4,11,24H2,1-3H3,(H,26,28)/t19-,21-/m1/s1. The van der Waals surface area contributed by atoms with Gasteiger partial charge in [0.25, 0.3) is 0 Å². The number of benzene rings is 1. The van der Waals surface area contributed by atoms with Gasteiger partial charge in [-0.2, -0.15) is 0 Å². The fraction of sp³-hybridized carbons (Fsp3) is 0.364. The van der Waals surface area contributed by atoms with Crippen LogP contribution < -0.4 is 11.1 Å². The Labute approximate surface area is 164 Å². The fourth-order valence-electron chi connectivity index (χ4n) is 3.52. The zero-order chi connectivity index (χ0) is 20.3. The van der Waals surface area contributed by atoms with E-state index in [1.807, 2.05) is 32.3 Å². The van der Waals surface area contributed by atoms with Crippen molar-refractivity contribution in [1.29, 1.82) is 0 Å². The molecule has 148 valence electrons. The first-order chi connectivity index (χ1) is 13.4. The highest BCUT2D eigenvalue weighted by atomic mass is 19.1. The molecule has 28 heavy (non-hydrogen) atoms. The molecule has 1 aromatic carbocycles. The van der Waals surface area contributed by atoms with E-state index in [2.05, 4.69) is 21.8 Å². The second-order valence-corrected chi connectivity index (χ2v) is 7.49. The first-order valence-corrected chi connectivity index (χ1v) is 9.64. The van der Waals surface area contributed by atoms with Gasteiger partial charge < -0.3 is 15.6 Å². The van der Waals surface area contributed by atoms with Crippen LogP contribution in [0, 0.1) is 11.7 Å². The molecule has 2 atom stereocenters. The lowest BCUT2D eigenvalue weighted by atomic mass is 9.97. The van der Waals surface area contributed by atoms with Gasteiger partial charge in [-0.1, -0.05) is 26.0 Å². The second kappa shape index (κ2) is 8.52. The van der Waals surface area contributed by atoms with E-state index in [1.165, 1.54) is 12.1 Å². The monoisotopic (exact) mass is 382 g/mol. The smallest absolute Gasteiger partial charge is 0.237 e. The summed E-state index contributed by atoms with van der Waals surface area (Å²) in [7, 11) is 0. The Morgan fingerprint density at radius 1 is 1.25 bits per heavy atom. The lowest BCUT2D eigenvalue weighted by molar-refractivity contribution is -0.123. The van der Waals surface area contributed by atoms with E-state index >= 15 is 0 Å². The quantitative estimate of drug-likeness (QED) is 0.653. The predicted molar refractivity (Wildman–Crippen MR) is 109 cm³/mol. The molecule has 6 heteroatoms. The minimum atomic E-state index is -0.593. The van der Waals surface area contributed by atoms with Gasteiger partial charge in [-0.05, 0) is 43.0 Å². The molecule has 0 saturated heterocycles. The Morgan fingerprint density at radius 3 is 2.61 bits per heavy atom. The number of hydrogen-bond donors (Lipinski definition) is 2. The average molecular weight is 382 g/mol. The molecule has 0 spiro atoms. The maximum absolute atomic E-state index is 13.5. The predicted octanol–water partition coefficient (Wildman–Crippen LogP) is 3.77. The second-order valence-electron chi connectivity index (χ2n) is 7.49. The molecule has 5 nitrogen and oxygen atoms in total. The lowest BCUT2D eigenvalue weighted by Gasteiger charge is -2.22. The van der Waals surface area contributed by atoms with Crippen molar-refractivity contribution in [3.8, 4) is 0 Å². The fourth-order valence-corrected chi connectivity index (χ4v) is 3.52. The zero-order valence-corrected chi connectivity index (χ0v) is 16.5. The van der Waals surface area contributed by atoms with E-state index in [4.69, 9.17) is 5.73 Å². The molecule has 0 radical (unpaired) electrons. The third kappa shape index (κ3) is 4.22. The summed E-state index contributed by atoms with van der Waals surface area (Å²) in [6.07, 6.45) is 6.17. The summed E-state index contributed by atoms with van der Waals surface area (Å²) in [5.41, 5.74) is 8.84. The molecule has 3 N–H and O–H groups in total. The summed E-state index contributed by atoms with van der Waals surface area (Å²) in [6, 6.07) is 7.13. The SMILES string of the molecule is CCn1cc([C@H](NC(=O)[C@H](N)CC(C)C)c2ccc(F)cc2)c2ccncc21. The first-order valence-electron chi connectivity index (χ1n) is 9.64. The van der Waals surface area contributed by atoms with Crippen LogP contribution in [0.25, 0.3) is 10.9 Å². The number of pyridine rings is 1. The number of aryl methyl sites for hydroxylation is 1. The molecule has 0 aliphatic carbocycles. The van der Waals surface area contributed by atoms with E-state index < -0.39 is 12.1 Å². The first kappa shape index (κ1) is 20.0. The number of hydrogen-bond acceptors (Lipinski definition) is 3. The molecular formula is C22H27FN4O. The summed E-state index contributed by atoms with van der Waals surface area (Å²) in [5, 5.41) is 4.09. The van der Waals surface area contributed by atoms with Crippen LogP contribution in [0.2, 0.25) is 0 Å². The molecule has 3 aromatic rings. The van der Waals surface area contributed by atoms with E-state index in [1.54, 1.807) is 18.3 Å². The van der Waals surface area contributed by atoms with Crippen LogP contribution in [0.4, 0.5) is 4.39 Å². The van der Waals surface area contributed by atoms with Gasteiger partial charge in [0.15, 0.2) is 0 Å². The van der Waals surface area contributed by atoms with Gasteiger partial charge in [0, 0.05) is 29.9 Å². The third-order valence-electron chi connectivity index (χ3n) is 4.92. The highest BCUT2D eigenvalue weighted by Gasteiger charge is 2.24. The van der Waals surface area contributed by atoms with Gasteiger partial charge >= 0.3 is 0 Å². The molecule has 0 aliphatic rings. The van der Waals surface area contributed by atoms with Crippen molar-refractivity contribution < 1.29 is 9.18 Å². The third-order valence-corrected chi connectivity index (χ3v) is 4.92. The van der Waals surface area contributed by atoms with Crippen molar-refractivity contribution in [2.45, 2.75) is 45.8 Å². The van der Waals surface area contributed by atoms with Crippen LogP contribution in [0.15, 0.2) is 48.9 Å². The van der Waals surface area contributed by atoms with Crippen molar-refractivity contribution >= 4 is 16.8 Å². The van der Waals surface area contributed by atoms with Gasteiger partial charge in [0.05, 0.1) is 23.8 Å². The Morgan fingerprint density at radius 2 is 1.96 bits per heavy atom. The van der Waals surface area contributed by atoms with Crippen molar-refractivity contribution in [3.63, 3.8) is 0 Å². The zero-order valence-electron chi connectivity index (χ0n) is 16.5. The molecule has 1 amide bonds. The number of nitrogens with two attached hydrogens (primary N) is 1. The Balaban J connectivity index is 2.04. The Hall–Kier alpha value is -2.73. The minimum Gasteiger partial charge on any atom is -0.346 e. The van der Waals surface area contributed by atoms with Crippen molar-refractivity contribution in [2.24, 2.45) is 11.7 Å². The molecule has 3 rings (SSSR count). The molecule has 0 aliphatic heterocycles. The maximum atomic E-state index is 13.5. The van der Waals surface area contributed by atoms with Crippen LogP contribution in [-0.4, -0.2) is 21.5 Å². The van der Waals surface area contributed by atoms with Crippen molar-refractivity contribution in [3.05, 3.63) is 65.9 Å². The van der Waals surface area contributed by atoms with Gasteiger partial charge in [-0.15, -0.1) is 0 Å². The molecule has 0 unspecified atom stereocenters. The summed E-state index contributed by atoms with van der Waals surface area (Å²) in [4.78, 5) is 17.0. The van der Waals surface area contributed by atoms with E-state index in [9.17, 15) is 9.18 Å². The highest BCUT2D eigenvalue weighted by molar-refractivity contribution is 5.87. The molecule has 0 bridgehead atoms. The van der Waals surface area contributed by atoms with E-state index in [0.29, 0.717) is 12.3 Å². The number of nitrogens with one attached hydrogen (secondary N) is 1. The lowest BCUT2D eigenvalue weighted by Crippen LogP contribution is -2.43. The van der Waals surface area contributed by atoms with Crippen molar-refractivity contribution in [2.75, 3.05) is 0 Å². The highest BCUT2D eigenvalue weighted by Crippen LogP contribution is 2.31. The van der Waals surface area contributed by atoms with Gasteiger partial charge in [0.1, 0.15) is 5.82 Å². The number of halogens is 1. The summed E-state index contributed by atoms with van der Waals surface area (Å²) < 4.78 is 15.6. The van der Waals surface area contributed by atoms with E-state index in [0.717, 1.165) is 28.6 Å². The number of rotatable bonds is 7. The van der Waals surface area contributed by atoms with Crippen LogP contribution in [-0.2, 0) is 11.3 Å². The van der Waals surface area contributed by atoms with Gasteiger partial charge in [-0.25, -0.2) is 4.39 Å². The normalized spacial score (nSPS) is 13.6. The largest absolute Gasteiger partial charge is 0.346 e. The molecule has 2 aromatic heterocycles. The summed E-state index contributed by atoms with van der Waals surface area (Å²) >= 11 is 0. The number of carbonyl (C=O) groups excluding carboxylic acids is 1. The number of carbonyl (C=O) groups is 1. The Bertz CT molecular complexity index is 949.